The van der Waals surface area contributed by atoms with E-state index in [0.717, 1.165) is 11.3 Å². The van der Waals surface area contributed by atoms with E-state index in [2.05, 4.69) is 41.4 Å². The van der Waals surface area contributed by atoms with Gasteiger partial charge in [-0.1, -0.05) is 26.8 Å². The molecule has 0 saturated carbocycles. The smallest absolute Gasteiger partial charge is 0.257 e. The van der Waals surface area contributed by atoms with Crippen molar-refractivity contribution < 1.29 is 14.3 Å². The fraction of sp³-hybridized carbons (Fsp3) is 0.200. The number of benzene rings is 2. The van der Waals surface area contributed by atoms with Gasteiger partial charge in [-0.2, -0.15) is 0 Å². The number of nitrogens with one attached hydrogen (secondary N) is 2. The summed E-state index contributed by atoms with van der Waals surface area (Å²) in [5, 5.41) is 5.69. The fourth-order valence-corrected chi connectivity index (χ4v) is 3.72. The molecule has 4 rings (SSSR count). The number of pyridine rings is 2. The van der Waals surface area contributed by atoms with Crippen LogP contribution in [0, 0.1) is 6.92 Å². The number of rotatable bonds is 7. The topological polar surface area (TPSA) is 119 Å². The van der Waals surface area contributed by atoms with Crippen LogP contribution >= 0.6 is 0 Å². The first-order chi connectivity index (χ1) is 18.1. The lowest BCUT2D eigenvalue weighted by atomic mass is 9.86. The Morgan fingerprint density at radius 2 is 1.63 bits per heavy atom. The van der Waals surface area contributed by atoms with Gasteiger partial charge in [-0.05, 0) is 78.6 Å². The third-order valence-electron chi connectivity index (χ3n) is 5.90. The van der Waals surface area contributed by atoms with Crippen molar-refractivity contribution in [3.05, 3.63) is 107 Å². The first-order valence-electron chi connectivity index (χ1n) is 12.2. The van der Waals surface area contributed by atoms with E-state index in [1.165, 1.54) is 6.20 Å². The molecule has 0 saturated heterocycles. The van der Waals surface area contributed by atoms with Crippen LogP contribution in [0.1, 0.15) is 58.4 Å². The molecular formula is C30H31N5O3. The number of ether oxygens (including phenoxy) is 1. The third-order valence-corrected chi connectivity index (χ3v) is 5.90. The molecule has 0 atom stereocenters. The van der Waals surface area contributed by atoms with E-state index in [9.17, 15) is 9.59 Å². The van der Waals surface area contributed by atoms with Gasteiger partial charge in [0.05, 0.1) is 28.8 Å². The Labute approximate surface area is 222 Å². The number of hydrogen-bond donors (Lipinski definition) is 3. The zero-order chi connectivity index (χ0) is 27.3. The second-order valence-electron chi connectivity index (χ2n) is 9.99. The number of aromatic nitrogens is 2. The largest absolute Gasteiger partial charge is 0.487 e. The normalized spacial score (nSPS) is 11.1. The Balaban J connectivity index is 1.42. The summed E-state index contributed by atoms with van der Waals surface area (Å²) in [6.07, 6.45) is 3.24. The van der Waals surface area contributed by atoms with Crippen LogP contribution in [0.3, 0.4) is 0 Å². The van der Waals surface area contributed by atoms with Crippen molar-refractivity contribution in [3.8, 4) is 5.75 Å². The summed E-state index contributed by atoms with van der Waals surface area (Å²) in [5.74, 6) is -0.0132. The molecule has 2 amide bonds. The number of anilines is 3. The Morgan fingerprint density at radius 3 is 2.32 bits per heavy atom. The van der Waals surface area contributed by atoms with Gasteiger partial charge in [0.2, 0.25) is 0 Å². The Hall–Kier alpha value is -4.72. The molecule has 2 aromatic carbocycles. The number of nitrogen functional groups attached to an aromatic ring is 1. The van der Waals surface area contributed by atoms with Crippen LogP contribution in [0.4, 0.5) is 17.1 Å². The predicted molar refractivity (Wildman–Crippen MR) is 149 cm³/mol. The van der Waals surface area contributed by atoms with Gasteiger partial charge in [-0.15, -0.1) is 0 Å². The van der Waals surface area contributed by atoms with E-state index in [4.69, 9.17) is 10.5 Å². The van der Waals surface area contributed by atoms with E-state index in [1.54, 1.807) is 49.5 Å². The summed E-state index contributed by atoms with van der Waals surface area (Å²) in [5.41, 5.74) is 10.5. The number of aryl methyl sites for hydroxylation is 1. The molecule has 4 N–H and O–H groups in total. The molecule has 38 heavy (non-hydrogen) atoms. The van der Waals surface area contributed by atoms with Crippen molar-refractivity contribution in [1.82, 2.24) is 9.97 Å². The van der Waals surface area contributed by atoms with Gasteiger partial charge in [0.25, 0.3) is 11.8 Å². The number of amides is 2. The predicted octanol–water partition coefficient (Wildman–Crippen LogP) is 5.75. The average molecular weight is 510 g/mol. The summed E-state index contributed by atoms with van der Waals surface area (Å²) in [7, 11) is 0. The van der Waals surface area contributed by atoms with Gasteiger partial charge in [0.1, 0.15) is 12.4 Å². The highest BCUT2D eigenvalue weighted by molar-refractivity contribution is 6.08. The number of carbonyl (C=O) groups is 2. The van der Waals surface area contributed by atoms with Crippen molar-refractivity contribution in [2.24, 2.45) is 0 Å². The number of carbonyl (C=O) groups excluding carboxylic acids is 2. The van der Waals surface area contributed by atoms with Gasteiger partial charge in [-0.25, -0.2) is 0 Å². The minimum atomic E-state index is -0.341. The molecule has 0 aliphatic carbocycles. The average Bonchev–Trinajstić information content (AvgIpc) is 2.89. The molecule has 0 spiro atoms. The maximum Gasteiger partial charge on any atom is 0.257 e. The zero-order valence-corrected chi connectivity index (χ0v) is 21.9. The van der Waals surface area contributed by atoms with Crippen molar-refractivity contribution in [2.75, 3.05) is 16.4 Å². The van der Waals surface area contributed by atoms with E-state index in [1.807, 2.05) is 30.3 Å². The Kier molecular flexibility index (Phi) is 7.71. The lowest BCUT2D eigenvalue weighted by molar-refractivity contribution is 0.101. The minimum absolute atomic E-state index is 0.162. The molecule has 0 unspecified atom stereocenters. The molecule has 0 fully saturated rings. The maximum absolute atomic E-state index is 13.0. The SMILES string of the molecule is Cc1ncc(NC(=O)c2cc(N)cc(C(C)(C)C)c2)cc1C(=O)Nc1ccc(OCc2ccccn2)cc1. The van der Waals surface area contributed by atoms with Crippen molar-refractivity contribution >= 4 is 28.9 Å². The number of nitrogens with zero attached hydrogens (tertiary/aromatic N) is 2. The fourth-order valence-electron chi connectivity index (χ4n) is 3.72. The maximum atomic E-state index is 13.0. The van der Waals surface area contributed by atoms with Gasteiger partial charge in [-0.3, -0.25) is 19.6 Å². The monoisotopic (exact) mass is 509 g/mol. The highest BCUT2D eigenvalue weighted by Gasteiger charge is 2.18. The molecule has 2 heterocycles. The summed E-state index contributed by atoms with van der Waals surface area (Å²) in [4.78, 5) is 34.5. The van der Waals surface area contributed by atoms with Crippen molar-refractivity contribution in [1.29, 1.82) is 0 Å². The highest BCUT2D eigenvalue weighted by atomic mass is 16.5. The first kappa shape index (κ1) is 26.3. The molecule has 4 aromatic rings. The number of nitrogens with two attached hydrogens (primary N) is 1. The molecule has 8 nitrogen and oxygen atoms in total. The van der Waals surface area contributed by atoms with E-state index in [-0.39, 0.29) is 17.2 Å². The second-order valence-corrected chi connectivity index (χ2v) is 9.99. The molecule has 0 bridgehead atoms. The minimum Gasteiger partial charge on any atom is -0.487 e. The van der Waals surface area contributed by atoms with E-state index in [0.29, 0.717) is 46.2 Å². The molecule has 0 aliphatic rings. The summed E-state index contributed by atoms with van der Waals surface area (Å²) in [6.45, 7) is 8.26. The lowest BCUT2D eigenvalue weighted by Gasteiger charge is -2.20. The van der Waals surface area contributed by atoms with Crippen LogP contribution in [0.15, 0.2) is 79.1 Å². The molecule has 2 aromatic heterocycles. The summed E-state index contributed by atoms with van der Waals surface area (Å²) in [6, 6.07) is 19.6. The number of hydrogen-bond acceptors (Lipinski definition) is 6. The van der Waals surface area contributed by atoms with Crippen LogP contribution in [-0.4, -0.2) is 21.8 Å². The molecule has 0 aliphatic heterocycles. The summed E-state index contributed by atoms with van der Waals surface area (Å²) < 4.78 is 5.74. The molecule has 194 valence electrons. The van der Waals surface area contributed by atoms with Crippen LogP contribution < -0.4 is 21.1 Å². The zero-order valence-electron chi connectivity index (χ0n) is 21.9. The third kappa shape index (κ3) is 6.73. The standard InChI is InChI=1S/C30H31N5O3/c1-19-27(29(37)34-23-8-10-26(11-9-23)38-18-24-7-5-6-12-32-24)16-25(17-33-19)35-28(36)20-13-21(30(2,3)4)15-22(31)14-20/h5-17H,18,31H2,1-4H3,(H,34,37)(H,35,36). The van der Waals surface area contributed by atoms with E-state index < -0.39 is 0 Å². The Morgan fingerprint density at radius 1 is 0.895 bits per heavy atom. The van der Waals surface area contributed by atoms with Crippen LogP contribution in [-0.2, 0) is 12.0 Å². The highest BCUT2D eigenvalue weighted by Crippen LogP contribution is 2.26. The van der Waals surface area contributed by atoms with Gasteiger partial charge >= 0.3 is 0 Å². The second kappa shape index (κ2) is 11.1. The van der Waals surface area contributed by atoms with Gasteiger partial charge < -0.3 is 21.1 Å². The first-order valence-corrected chi connectivity index (χ1v) is 12.2. The lowest BCUT2D eigenvalue weighted by Crippen LogP contribution is -2.18. The Bertz CT molecular complexity index is 1450. The van der Waals surface area contributed by atoms with Crippen molar-refractivity contribution in [2.45, 2.75) is 39.7 Å². The van der Waals surface area contributed by atoms with Crippen molar-refractivity contribution in [3.63, 3.8) is 0 Å². The summed E-state index contributed by atoms with van der Waals surface area (Å²) >= 11 is 0. The quantitative estimate of drug-likeness (QED) is 0.273. The van der Waals surface area contributed by atoms with Crippen LogP contribution in [0.2, 0.25) is 0 Å². The molecule has 0 radical (unpaired) electrons. The van der Waals surface area contributed by atoms with E-state index >= 15 is 0 Å². The molecule has 8 heteroatoms. The van der Waals surface area contributed by atoms with Crippen LogP contribution in [0.5, 0.6) is 5.75 Å². The van der Waals surface area contributed by atoms with Crippen LogP contribution in [0.25, 0.3) is 0 Å². The molecular weight excluding hydrogens is 478 g/mol. The van der Waals surface area contributed by atoms with Gasteiger partial charge in [0.15, 0.2) is 0 Å². The van der Waals surface area contributed by atoms with Gasteiger partial charge in [0, 0.05) is 23.1 Å².